The van der Waals surface area contributed by atoms with Crippen molar-refractivity contribution in [2.45, 2.75) is 116 Å². The standard InChI is InChI=1S/C54H62ClN7O8/c1-31-47(32(2)58(6)57-31)48-41(55)20-19-38-37(16-11-25-68-43-17-9-13-33-12-7-8-14-36(33)43)50(53(67)70-54(3,4)5)60(49(38)48)24-23-59-27-35-26-34(59)28-61(35)46(64)30-69-44-18-10-15-39-40(44)29-62(52(39)66)42-21-22-45(63)56-51(42)65/h7-10,12-15,17-20,34-35,42,45,53,63,67H,11,16,21-30H2,1-6H3,(H,56,65)/t34-,35-,42?,45?,53?/m0/s1. The summed E-state index contributed by atoms with van der Waals surface area (Å²) in [6.07, 6.45) is 0.665. The molecule has 3 unspecified atom stereocenters. The summed E-state index contributed by atoms with van der Waals surface area (Å²) in [5.41, 5.74) is 6.69. The van der Waals surface area contributed by atoms with Crippen molar-refractivity contribution in [1.82, 2.24) is 34.4 Å². The van der Waals surface area contributed by atoms with Crippen molar-refractivity contribution in [3.63, 3.8) is 0 Å². The molecule has 368 valence electrons. The first-order chi connectivity index (χ1) is 33.6. The highest BCUT2D eigenvalue weighted by Crippen LogP contribution is 2.44. The highest BCUT2D eigenvalue weighted by molar-refractivity contribution is 6.35. The van der Waals surface area contributed by atoms with Crippen LogP contribution in [0.3, 0.4) is 0 Å². The maximum absolute atomic E-state index is 13.9. The Bertz CT molecular complexity index is 3010. The molecule has 3 saturated heterocycles. The number of ether oxygens (including phenoxy) is 3. The molecule has 0 radical (unpaired) electrons. The Kier molecular flexibility index (Phi) is 12.9. The molecule has 4 aliphatic heterocycles. The summed E-state index contributed by atoms with van der Waals surface area (Å²) in [6.45, 7) is 12.8. The van der Waals surface area contributed by atoms with Crippen LogP contribution in [0.4, 0.5) is 0 Å². The van der Waals surface area contributed by atoms with Crippen LogP contribution in [-0.2, 0) is 40.9 Å². The van der Waals surface area contributed by atoms with Gasteiger partial charge in [-0.1, -0.05) is 60.1 Å². The predicted octanol–water partition coefficient (Wildman–Crippen LogP) is 7.20. The van der Waals surface area contributed by atoms with Crippen molar-refractivity contribution in [3.05, 3.63) is 112 Å². The minimum atomic E-state index is -1.25. The number of halogens is 1. The third kappa shape index (κ3) is 8.91. The van der Waals surface area contributed by atoms with Crippen molar-refractivity contribution in [3.8, 4) is 22.6 Å². The zero-order chi connectivity index (χ0) is 49.2. The summed E-state index contributed by atoms with van der Waals surface area (Å²) in [5.74, 6) is 0.512. The molecule has 5 atom stereocenters. The summed E-state index contributed by atoms with van der Waals surface area (Å²) in [4.78, 5) is 45.9. The van der Waals surface area contributed by atoms with E-state index in [0.29, 0.717) is 86.1 Å². The van der Waals surface area contributed by atoms with Crippen LogP contribution in [0.25, 0.3) is 32.8 Å². The number of piperazine rings is 1. The van der Waals surface area contributed by atoms with E-state index >= 15 is 0 Å². The van der Waals surface area contributed by atoms with Crippen molar-refractivity contribution >= 4 is 51.0 Å². The van der Waals surface area contributed by atoms with Gasteiger partial charge in [0.05, 0.1) is 40.7 Å². The van der Waals surface area contributed by atoms with Crippen molar-refractivity contribution in [1.29, 1.82) is 0 Å². The Morgan fingerprint density at radius 2 is 1.69 bits per heavy atom. The van der Waals surface area contributed by atoms with Gasteiger partial charge in [-0.2, -0.15) is 5.10 Å². The topological polar surface area (TPSA) is 164 Å². The Hall–Kier alpha value is -5.97. The van der Waals surface area contributed by atoms with Gasteiger partial charge >= 0.3 is 0 Å². The summed E-state index contributed by atoms with van der Waals surface area (Å²) in [5, 5.41) is 33.2. The van der Waals surface area contributed by atoms with E-state index in [2.05, 4.69) is 39.0 Å². The average Bonchev–Trinajstić information content (AvgIpc) is 4.13. The minimum Gasteiger partial charge on any atom is -0.493 e. The smallest absolute Gasteiger partial charge is 0.260 e. The number of benzene rings is 4. The number of nitrogens with zero attached hydrogens (tertiary/aromatic N) is 6. The van der Waals surface area contributed by atoms with Crippen LogP contribution in [-0.4, -0.2) is 120 Å². The van der Waals surface area contributed by atoms with E-state index < -0.39 is 24.2 Å². The summed E-state index contributed by atoms with van der Waals surface area (Å²) in [6, 6.07) is 23.0. The molecule has 6 heterocycles. The molecule has 4 aliphatic rings. The van der Waals surface area contributed by atoms with Gasteiger partial charge in [-0.3, -0.25) is 24.0 Å². The molecule has 0 spiro atoms. The number of aliphatic hydroxyl groups is 2. The number of carbonyl (C=O) groups is 3. The molecule has 4 aromatic carbocycles. The van der Waals surface area contributed by atoms with Crippen LogP contribution in [0.1, 0.15) is 91.3 Å². The maximum Gasteiger partial charge on any atom is 0.260 e. The van der Waals surface area contributed by atoms with Crippen molar-refractivity contribution in [2.75, 3.05) is 32.8 Å². The SMILES string of the molecule is Cc1nn(C)c(C)c1-c1c(Cl)ccc2c(CCCOc3cccc4ccccc34)c(C(O)OC(C)(C)C)n(CCN3C[C@@H]4C[C@H]3CN4C(=O)COc3cccc4c3CN(C3CCC(O)NC3=O)C4=O)c12. The van der Waals surface area contributed by atoms with Gasteiger partial charge in [-0.05, 0) is 102 Å². The van der Waals surface area contributed by atoms with Crippen molar-refractivity contribution in [2.24, 2.45) is 7.05 Å². The highest BCUT2D eigenvalue weighted by Gasteiger charge is 2.46. The quantitative estimate of drug-likeness (QED) is 0.0709. The molecular formula is C54H62ClN7O8. The molecule has 3 amide bonds. The fraction of sp³-hybridized carbons (Fsp3) is 0.444. The lowest BCUT2D eigenvalue weighted by Crippen LogP contribution is -2.54. The first kappa shape index (κ1) is 47.7. The molecule has 0 saturated carbocycles. The number of carbonyl (C=O) groups excluding carboxylic acids is 3. The second-order valence-corrected chi connectivity index (χ2v) is 20.6. The molecule has 6 aromatic rings. The number of nitrogens with one attached hydrogen (secondary N) is 1. The number of rotatable bonds is 15. The van der Waals surface area contributed by atoms with Crippen LogP contribution in [0.2, 0.25) is 5.02 Å². The number of piperidine rings is 1. The number of aryl methyl sites for hydroxylation is 3. The Morgan fingerprint density at radius 3 is 2.43 bits per heavy atom. The van der Waals surface area contributed by atoms with Crippen LogP contribution >= 0.6 is 11.6 Å². The zero-order valence-corrected chi connectivity index (χ0v) is 41.5. The third-order valence-corrected chi connectivity index (χ3v) is 15.0. The number of hydrogen-bond donors (Lipinski definition) is 3. The molecular weight excluding hydrogens is 910 g/mol. The molecule has 10 rings (SSSR count). The zero-order valence-electron chi connectivity index (χ0n) is 40.7. The van der Waals surface area contributed by atoms with Gasteiger partial charge in [0.15, 0.2) is 12.9 Å². The molecule has 16 heteroatoms. The Labute approximate surface area is 412 Å². The maximum atomic E-state index is 13.9. The van der Waals surface area contributed by atoms with E-state index in [1.54, 1.807) is 18.2 Å². The molecule has 2 bridgehead atoms. The summed E-state index contributed by atoms with van der Waals surface area (Å²) in [7, 11) is 1.94. The molecule has 15 nitrogen and oxygen atoms in total. The van der Waals surface area contributed by atoms with Gasteiger partial charge in [0, 0.05) is 84.0 Å². The van der Waals surface area contributed by atoms with E-state index in [9.17, 15) is 24.6 Å². The molecule has 0 aliphatic carbocycles. The number of aromatic nitrogens is 3. The first-order valence-corrected chi connectivity index (χ1v) is 24.8. The van der Waals surface area contributed by atoms with Crippen LogP contribution in [0.15, 0.2) is 72.8 Å². The number of fused-ring (bicyclic) bond motifs is 5. The lowest BCUT2D eigenvalue weighted by Gasteiger charge is -2.34. The number of hydrogen-bond acceptors (Lipinski definition) is 10. The lowest BCUT2D eigenvalue weighted by molar-refractivity contribution is -0.173. The van der Waals surface area contributed by atoms with Gasteiger partial charge in [-0.15, -0.1) is 0 Å². The fourth-order valence-electron chi connectivity index (χ4n) is 11.4. The van der Waals surface area contributed by atoms with Gasteiger partial charge in [0.25, 0.3) is 11.8 Å². The Morgan fingerprint density at radius 1 is 0.914 bits per heavy atom. The third-order valence-electron chi connectivity index (χ3n) is 14.6. The Balaban J connectivity index is 0.886. The van der Waals surface area contributed by atoms with E-state index in [1.165, 1.54) is 4.90 Å². The normalized spacial score (nSPS) is 20.8. The molecule has 3 N–H and O–H groups in total. The molecule has 3 fully saturated rings. The van der Waals surface area contributed by atoms with Gasteiger partial charge in [0.1, 0.15) is 23.8 Å². The predicted molar refractivity (Wildman–Crippen MR) is 267 cm³/mol. The van der Waals surface area contributed by atoms with Crippen LogP contribution in [0, 0.1) is 13.8 Å². The van der Waals surface area contributed by atoms with Gasteiger partial charge < -0.3 is 44.1 Å². The molecule has 70 heavy (non-hydrogen) atoms. The number of amides is 3. The second kappa shape index (κ2) is 19.0. The van der Waals surface area contributed by atoms with Gasteiger partial charge in [-0.25, -0.2) is 0 Å². The second-order valence-electron chi connectivity index (χ2n) is 20.2. The van der Waals surface area contributed by atoms with E-state index in [1.807, 2.05) is 81.6 Å². The minimum absolute atomic E-state index is 0.00138. The molecule has 2 aromatic heterocycles. The average molecular weight is 973 g/mol. The monoisotopic (exact) mass is 971 g/mol. The summed E-state index contributed by atoms with van der Waals surface area (Å²) >= 11 is 7.26. The van der Waals surface area contributed by atoms with Crippen LogP contribution in [0.5, 0.6) is 11.5 Å². The number of aliphatic hydroxyl groups excluding tert-OH is 2. The highest BCUT2D eigenvalue weighted by atomic mass is 35.5. The van der Waals surface area contributed by atoms with E-state index in [4.69, 9.17) is 30.9 Å². The largest absolute Gasteiger partial charge is 0.493 e. The van der Waals surface area contributed by atoms with E-state index in [-0.39, 0.29) is 43.0 Å². The summed E-state index contributed by atoms with van der Waals surface area (Å²) < 4.78 is 23.1. The lowest BCUT2D eigenvalue weighted by atomic mass is 9.98. The first-order valence-electron chi connectivity index (χ1n) is 24.4. The van der Waals surface area contributed by atoms with Gasteiger partial charge in [0.2, 0.25) is 5.91 Å². The van der Waals surface area contributed by atoms with Crippen molar-refractivity contribution < 1.29 is 38.8 Å². The number of likely N-dealkylation sites (tertiary alicyclic amines) is 2. The van der Waals surface area contributed by atoms with E-state index in [0.717, 1.165) is 61.9 Å². The fourth-order valence-corrected chi connectivity index (χ4v) is 11.6. The van der Waals surface area contributed by atoms with Crippen LogP contribution < -0.4 is 14.8 Å².